The highest BCUT2D eigenvalue weighted by Gasteiger charge is 2.26. The Morgan fingerprint density at radius 1 is 1.53 bits per heavy atom. The van der Waals surface area contributed by atoms with Gasteiger partial charge in [-0.15, -0.1) is 0 Å². The summed E-state index contributed by atoms with van der Waals surface area (Å²) in [7, 11) is -4.23. The number of carboxylic acid groups (broad SMARTS) is 1. The van der Waals surface area contributed by atoms with Gasteiger partial charge in [-0.05, 0) is 6.92 Å². The topological polar surface area (TPSA) is 117 Å². The van der Waals surface area contributed by atoms with Gasteiger partial charge in [-0.1, -0.05) is 0 Å². The van der Waals surface area contributed by atoms with Crippen LogP contribution in [-0.2, 0) is 10.0 Å². The molecular weight excluding hydrogens is 288 g/mol. The van der Waals surface area contributed by atoms with E-state index in [0.717, 1.165) is 6.07 Å². The highest BCUT2D eigenvalue weighted by atomic mass is 32.2. The Morgan fingerprint density at radius 3 is 2.53 bits per heavy atom. The van der Waals surface area contributed by atoms with Crippen molar-refractivity contribution in [3.63, 3.8) is 0 Å². The second-order valence-corrected chi connectivity index (χ2v) is 5.33. The zero-order valence-corrected chi connectivity index (χ0v) is 10.4. The van der Waals surface area contributed by atoms with Crippen LogP contribution in [0, 0.1) is 6.92 Å². The number of nitrogens with one attached hydrogen (secondary N) is 1. The van der Waals surface area contributed by atoms with Crippen molar-refractivity contribution in [1.29, 1.82) is 0 Å². The van der Waals surface area contributed by atoms with Crippen LogP contribution >= 0.6 is 0 Å². The number of hydrogen-bond donors (Lipinski definition) is 3. The third-order valence-corrected chi connectivity index (χ3v) is 3.68. The molecule has 1 heterocycles. The summed E-state index contributed by atoms with van der Waals surface area (Å²) in [4.78, 5) is 10.1. The van der Waals surface area contributed by atoms with Crippen molar-refractivity contribution >= 4 is 16.0 Å². The predicted octanol–water partition coefficient (Wildman–Crippen LogP) is 0.191. The van der Waals surface area contributed by atoms with E-state index in [9.17, 15) is 22.0 Å². The van der Waals surface area contributed by atoms with E-state index in [1.54, 1.807) is 4.72 Å². The van der Waals surface area contributed by atoms with Gasteiger partial charge in [0.05, 0.1) is 0 Å². The Bertz CT molecular complexity index is 567. The van der Waals surface area contributed by atoms with Crippen LogP contribution in [0.4, 0.5) is 8.78 Å². The highest BCUT2D eigenvalue weighted by molar-refractivity contribution is 7.89. The smallest absolute Gasteiger partial charge is 0.371 e. The van der Waals surface area contributed by atoms with Gasteiger partial charge in [-0.2, -0.15) is 0 Å². The molecule has 19 heavy (non-hydrogen) atoms. The Morgan fingerprint density at radius 2 is 2.11 bits per heavy atom. The van der Waals surface area contributed by atoms with Crippen molar-refractivity contribution in [1.82, 2.24) is 4.72 Å². The van der Waals surface area contributed by atoms with Crippen molar-refractivity contribution < 1.29 is 36.6 Å². The summed E-state index contributed by atoms with van der Waals surface area (Å²) < 4.78 is 53.8. The summed E-state index contributed by atoms with van der Waals surface area (Å²) in [6.45, 7) is 0.317. The average Bonchev–Trinajstić information content (AvgIpc) is 2.69. The first-order chi connectivity index (χ1) is 8.65. The molecule has 0 spiro atoms. The van der Waals surface area contributed by atoms with E-state index >= 15 is 0 Å². The van der Waals surface area contributed by atoms with Crippen molar-refractivity contribution in [2.24, 2.45) is 0 Å². The van der Waals surface area contributed by atoms with E-state index in [2.05, 4.69) is 4.42 Å². The minimum absolute atomic E-state index is 0.198. The van der Waals surface area contributed by atoms with E-state index in [-0.39, 0.29) is 5.76 Å². The number of sulfonamides is 1. The lowest BCUT2D eigenvalue weighted by Gasteiger charge is -2.10. The molecule has 0 aliphatic heterocycles. The summed E-state index contributed by atoms with van der Waals surface area (Å²) in [6, 6.07) is 0.759. The fourth-order valence-corrected chi connectivity index (χ4v) is 2.43. The molecule has 10 heteroatoms. The fraction of sp³-hybridized carbons (Fsp3) is 0.444. The Labute approximate surface area is 106 Å². The lowest BCUT2D eigenvalue weighted by molar-refractivity contribution is -0.000453. The van der Waals surface area contributed by atoms with Crippen LogP contribution in [0.3, 0.4) is 0 Å². The van der Waals surface area contributed by atoms with Gasteiger partial charge in [0.2, 0.25) is 15.8 Å². The maximum Gasteiger partial charge on any atom is 0.371 e. The van der Waals surface area contributed by atoms with Crippen LogP contribution in [-0.4, -0.2) is 43.7 Å². The van der Waals surface area contributed by atoms with E-state index in [1.165, 1.54) is 6.92 Å². The first kappa shape index (κ1) is 15.5. The molecular formula is C9H11F2NO6S. The second kappa shape index (κ2) is 5.63. The minimum Gasteiger partial charge on any atom is -0.475 e. The van der Waals surface area contributed by atoms with Crippen LogP contribution in [0.1, 0.15) is 16.3 Å². The molecule has 0 bridgehead atoms. The lowest BCUT2D eigenvalue weighted by Crippen LogP contribution is -2.35. The molecule has 108 valence electrons. The number of aliphatic hydroxyl groups excluding tert-OH is 1. The monoisotopic (exact) mass is 299 g/mol. The van der Waals surface area contributed by atoms with Crippen molar-refractivity contribution in [2.45, 2.75) is 24.3 Å². The number of aryl methyl sites for hydroxylation is 1. The van der Waals surface area contributed by atoms with Crippen LogP contribution < -0.4 is 4.72 Å². The zero-order chi connectivity index (χ0) is 14.8. The predicted molar refractivity (Wildman–Crippen MR) is 57.6 cm³/mol. The summed E-state index contributed by atoms with van der Waals surface area (Å²) in [5.74, 6) is -2.25. The molecule has 1 unspecified atom stereocenters. The van der Waals surface area contributed by atoms with Crippen LogP contribution in [0.5, 0.6) is 0 Å². The Balaban J connectivity index is 2.92. The minimum atomic E-state index is -4.23. The molecule has 0 amide bonds. The zero-order valence-electron chi connectivity index (χ0n) is 9.63. The van der Waals surface area contributed by atoms with Crippen molar-refractivity contribution in [3.05, 3.63) is 17.6 Å². The molecule has 1 atom stereocenters. The quantitative estimate of drug-likeness (QED) is 0.690. The SMILES string of the molecule is Cc1oc(C(=O)O)cc1S(=O)(=O)NCC(O)C(F)F. The molecule has 0 aromatic carbocycles. The number of halogens is 2. The van der Waals surface area contributed by atoms with Gasteiger partial charge in [0.15, 0.2) is 0 Å². The molecule has 0 fully saturated rings. The number of alkyl halides is 2. The number of hydrogen-bond acceptors (Lipinski definition) is 5. The molecule has 0 aliphatic carbocycles. The van der Waals surface area contributed by atoms with Gasteiger partial charge >= 0.3 is 5.97 Å². The largest absolute Gasteiger partial charge is 0.475 e. The van der Waals surface area contributed by atoms with E-state index in [1.807, 2.05) is 0 Å². The van der Waals surface area contributed by atoms with E-state index in [4.69, 9.17) is 10.2 Å². The van der Waals surface area contributed by atoms with Gasteiger partial charge < -0.3 is 14.6 Å². The molecule has 0 saturated heterocycles. The summed E-state index contributed by atoms with van der Waals surface area (Å²) in [5.41, 5.74) is 0. The first-order valence-corrected chi connectivity index (χ1v) is 6.43. The van der Waals surface area contributed by atoms with Crippen LogP contribution in [0.25, 0.3) is 0 Å². The van der Waals surface area contributed by atoms with Gasteiger partial charge in [0, 0.05) is 12.6 Å². The molecule has 1 aromatic heterocycles. The standard InChI is InChI=1S/C9H11F2NO6S/c1-4-7(2-6(18-4)9(14)15)19(16,17)12-3-5(13)8(10)11/h2,5,8,12-13H,3H2,1H3,(H,14,15). The Hall–Kier alpha value is -1.52. The normalized spacial score (nSPS) is 13.7. The Kier molecular flexibility index (Phi) is 4.61. The van der Waals surface area contributed by atoms with E-state index < -0.39 is 45.7 Å². The second-order valence-electron chi connectivity index (χ2n) is 3.59. The van der Waals surface area contributed by atoms with E-state index in [0.29, 0.717) is 0 Å². The highest BCUT2D eigenvalue weighted by Crippen LogP contribution is 2.19. The van der Waals surface area contributed by atoms with Crippen molar-refractivity contribution in [2.75, 3.05) is 6.54 Å². The average molecular weight is 299 g/mol. The number of rotatable bonds is 6. The molecule has 0 aliphatic rings. The molecule has 1 rings (SSSR count). The van der Waals surface area contributed by atoms with Gasteiger partial charge in [0.1, 0.15) is 16.8 Å². The molecule has 0 radical (unpaired) electrons. The number of aliphatic hydroxyl groups is 1. The summed E-state index contributed by atoms with van der Waals surface area (Å²) in [6.07, 6.45) is -5.25. The molecule has 7 nitrogen and oxygen atoms in total. The lowest BCUT2D eigenvalue weighted by atomic mass is 10.4. The molecule has 3 N–H and O–H groups in total. The number of aromatic carboxylic acids is 1. The van der Waals surface area contributed by atoms with Gasteiger partial charge in [-0.3, -0.25) is 0 Å². The fourth-order valence-electron chi connectivity index (χ4n) is 1.20. The maximum atomic E-state index is 12.0. The molecule has 1 aromatic rings. The van der Waals surface area contributed by atoms with Crippen molar-refractivity contribution in [3.8, 4) is 0 Å². The van der Waals surface area contributed by atoms with Gasteiger partial charge in [0.25, 0.3) is 6.43 Å². The van der Waals surface area contributed by atoms with Gasteiger partial charge in [-0.25, -0.2) is 26.7 Å². The van der Waals surface area contributed by atoms with Crippen LogP contribution in [0.2, 0.25) is 0 Å². The third-order valence-electron chi connectivity index (χ3n) is 2.15. The number of furan rings is 1. The third kappa shape index (κ3) is 3.72. The van der Waals surface area contributed by atoms with Crippen LogP contribution in [0.15, 0.2) is 15.4 Å². The number of carbonyl (C=O) groups is 1. The summed E-state index contributed by atoms with van der Waals surface area (Å²) in [5, 5.41) is 17.4. The molecule has 0 saturated carbocycles. The summed E-state index contributed by atoms with van der Waals surface area (Å²) >= 11 is 0. The maximum absolute atomic E-state index is 12.0. The first-order valence-electron chi connectivity index (χ1n) is 4.94. The number of carboxylic acids is 1.